The Hall–Kier alpha value is -3.64. The summed E-state index contributed by atoms with van der Waals surface area (Å²) in [6, 6.07) is 25.0. The lowest BCUT2D eigenvalue weighted by molar-refractivity contribution is 0.583. The van der Waals surface area contributed by atoms with Gasteiger partial charge < -0.3 is 0 Å². The second-order valence-corrected chi connectivity index (χ2v) is 13.5. The monoisotopic (exact) mass is 507 g/mol. The van der Waals surface area contributed by atoms with Crippen LogP contribution < -0.4 is 10.4 Å². The minimum Gasteiger partial charge on any atom is -0.0795 e. The maximum atomic E-state index is 3.95. The van der Waals surface area contributed by atoms with Crippen LogP contribution >= 0.6 is 0 Å². The van der Waals surface area contributed by atoms with Gasteiger partial charge in [-0.1, -0.05) is 108 Å². The van der Waals surface area contributed by atoms with Gasteiger partial charge in [0.1, 0.15) is 0 Å². The van der Waals surface area contributed by atoms with Crippen LogP contribution in [-0.4, -0.2) is 0 Å². The summed E-state index contributed by atoms with van der Waals surface area (Å²) in [6.07, 6.45) is 9.57. The fourth-order valence-corrected chi connectivity index (χ4v) is 6.35. The highest BCUT2D eigenvalue weighted by Gasteiger charge is 2.29. The van der Waals surface area contributed by atoms with E-state index >= 15 is 0 Å². The molecule has 6 rings (SSSR count). The molecule has 0 fully saturated rings. The Morgan fingerprint density at radius 2 is 1.49 bits per heavy atom. The summed E-state index contributed by atoms with van der Waals surface area (Å²) in [5.41, 5.74) is 13.5. The third-order valence-electron chi connectivity index (χ3n) is 8.35. The maximum absolute atomic E-state index is 3.95. The Morgan fingerprint density at radius 3 is 2.18 bits per heavy atom. The normalized spacial score (nSPS) is 14.6. The fourth-order valence-electron chi connectivity index (χ4n) is 6.35. The highest BCUT2D eigenvalue weighted by molar-refractivity contribution is 6.03. The van der Waals surface area contributed by atoms with Crippen LogP contribution in [0.2, 0.25) is 0 Å². The Kier molecular flexibility index (Phi) is 5.88. The van der Waals surface area contributed by atoms with E-state index in [1.807, 2.05) is 0 Å². The van der Waals surface area contributed by atoms with Crippen LogP contribution in [0.1, 0.15) is 89.6 Å². The van der Waals surface area contributed by atoms with Crippen LogP contribution in [-0.2, 0) is 10.8 Å². The van der Waals surface area contributed by atoms with Gasteiger partial charge in [-0.15, -0.1) is 0 Å². The molecule has 0 amide bonds. The average molecular weight is 508 g/mol. The summed E-state index contributed by atoms with van der Waals surface area (Å²) < 4.78 is 0. The molecule has 0 saturated carbocycles. The van der Waals surface area contributed by atoms with Crippen LogP contribution in [0.15, 0.2) is 78.9 Å². The van der Waals surface area contributed by atoms with Crippen LogP contribution in [0.5, 0.6) is 0 Å². The van der Waals surface area contributed by atoms with Crippen molar-refractivity contribution < 1.29 is 0 Å². The van der Waals surface area contributed by atoms with E-state index in [1.54, 1.807) is 0 Å². The molecule has 0 spiro atoms. The van der Waals surface area contributed by atoms with Crippen molar-refractivity contribution in [1.82, 2.24) is 0 Å². The number of hydrogen-bond donors (Lipinski definition) is 0. The zero-order valence-electron chi connectivity index (χ0n) is 24.7. The molecule has 0 N–H and O–H groups in total. The van der Waals surface area contributed by atoms with Gasteiger partial charge in [-0.3, -0.25) is 0 Å². The van der Waals surface area contributed by atoms with Crippen molar-refractivity contribution in [2.24, 2.45) is 0 Å². The Balaban J connectivity index is 1.71. The molecule has 0 heterocycles. The number of fused-ring (bicyclic) bond motifs is 4. The van der Waals surface area contributed by atoms with Gasteiger partial charge in [-0.25, -0.2) is 0 Å². The van der Waals surface area contributed by atoms with Crippen molar-refractivity contribution in [3.05, 3.63) is 117 Å². The molecule has 2 aliphatic rings. The van der Waals surface area contributed by atoms with E-state index in [0.29, 0.717) is 0 Å². The Bertz CT molecular complexity index is 1840. The molecule has 0 unspecified atom stereocenters. The van der Waals surface area contributed by atoms with Crippen LogP contribution in [0.3, 0.4) is 0 Å². The largest absolute Gasteiger partial charge is 0.0795 e. The zero-order valence-corrected chi connectivity index (χ0v) is 24.7. The minimum atomic E-state index is -0.0198. The molecule has 195 valence electrons. The van der Waals surface area contributed by atoms with E-state index < -0.39 is 0 Å². The molecule has 1 radical (unpaired) electrons. The van der Waals surface area contributed by atoms with E-state index in [1.165, 1.54) is 76.9 Å². The molecule has 0 atom stereocenters. The standard InChI is InChI=1S/C39H39/c1-24(2)33-23-34-31-19-18-29(38(3,4)5)21-28(31)22-35(34)36(37(33)39(6,7)8)32-15-11-14-30(32)27-17-16-25-12-9-10-13-26(25)20-27/h9-14,16-21,23H,15H2,1-8H3. The van der Waals surface area contributed by atoms with E-state index in [0.717, 1.165) is 6.42 Å². The first kappa shape index (κ1) is 25.6. The predicted octanol–water partition coefficient (Wildman–Crippen LogP) is 9.18. The van der Waals surface area contributed by atoms with Gasteiger partial charge in [-0.2, -0.15) is 0 Å². The molecule has 0 aliphatic heterocycles. The molecule has 39 heavy (non-hydrogen) atoms. The Labute approximate surface area is 234 Å². The van der Waals surface area contributed by atoms with Gasteiger partial charge in [0.25, 0.3) is 0 Å². The number of rotatable bonds is 2. The molecule has 0 aromatic heterocycles. The van der Waals surface area contributed by atoms with Crippen molar-refractivity contribution in [3.8, 4) is 11.1 Å². The molecule has 0 saturated heterocycles. The molecule has 0 bridgehead atoms. The van der Waals surface area contributed by atoms with Crippen molar-refractivity contribution in [1.29, 1.82) is 0 Å². The van der Waals surface area contributed by atoms with E-state index in [-0.39, 0.29) is 10.8 Å². The highest BCUT2D eigenvalue weighted by atomic mass is 14.3. The zero-order chi connectivity index (χ0) is 27.7. The van der Waals surface area contributed by atoms with Crippen molar-refractivity contribution in [3.63, 3.8) is 0 Å². The lowest BCUT2D eigenvalue weighted by atomic mass is 9.76. The molecule has 4 aromatic rings. The van der Waals surface area contributed by atoms with Crippen LogP contribution in [0, 0.1) is 0 Å². The lowest BCUT2D eigenvalue weighted by Gasteiger charge is -2.27. The maximum Gasteiger partial charge on any atom is -0.000731 e. The summed E-state index contributed by atoms with van der Waals surface area (Å²) >= 11 is 0. The highest BCUT2D eigenvalue weighted by Crippen LogP contribution is 2.41. The summed E-state index contributed by atoms with van der Waals surface area (Å²) in [7, 11) is 0. The topological polar surface area (TPSA) is 0 Å². The quantitative estimate of drug-likeness (QED) is 0.223. The molecule has 2 aliphatic carbocycles. The van der Waals surface area contributed by atoms with E-state index in [9.17, 15) is 0 Å². The molecular weight excluding hydrogens is 468 g/mol. The van der Waals surface area contributed by atoms with Crippen molar-refractivity contribution >= 4 is 33.6 Å². The van der Waals surface area contributed by atoms with Gasteiger partial charge in [0, 0.05) is 0 Å². The fraction of sp³-hybridized carbons (Fsp3) is 0.282. The molecular formula is C39H39. The van der Waals surface area contributed by atoms with Gasteiger partial charge in [0.05, 0.1) is 0 Å². The smallest absolute Gasteiger partial charge is 0.000731 e. The molecule has 4 aromatic carbocycles. The number of benzene rings is 4. The van der Waals surface area contributed by atoms with Gasteiger partial charge in [0.15, 0.2) is 0 Å². The lowest BCUT2D eigenvalue weighted by Crippen LogP contribution is -2.31. The van der Waals surface area contributed by atoms with Gasteiger partial charge in [-0.05, 0) is 127 Å². The van der Waals surface area contributed by atoms with Gasteiger partial charge in [0.2, 0.25) is 0 Å². The van der Waals surface area contributed by atoms with E-state index in [2.05, 4.69) is 140 Å². The number of hydrogen-bond acceptors (Lipinski definition) is 0. The first-order valence-electron chi connectivity index (χ1n) is 14.3. The Morgan fingerprint density at radius 1 is 0.744 bits per heavy atom. The second-order valence-electron chi connectivity index (χ2n) is 13.5. The predicted molar refractivity (Wildman–Crippen MR) is 170 cm³/mol. The van der Waals surface area contributed by atoms with Gasteiger partial charge >= 0.3 is 0 Å². The minimum absolute atomic E-state index is 0.0198. The van der Waals surface area contributed by atoms with Crippen molar-refractivity contribution in [2.75, 3.05) is 0 Å². The van der Waals surface area contributed by atoms with Crippen molar-refractivity contribution in [2.45, 2.75) is 72.6 Å². The average Bonchev–Trinajstić information content (AvgIpc) is 3.50. The first-order valence-corrected chi connectivity index (χ1v) is 14.3. The summed E-state index contributed by atoms with van der Waals surface area (Å²) in [6.45, 7) is 18.5. The molecule has 0 heteroatoms. The van der Waals surface area contributed by atoms with E-state index in [4.69, 9.17) is 0 Å². The summed E-state index contributed by atoms with van der Waals surface area (Å²) in [4.78, 5) is 0. The second kappa shape index (κ2) is 8.95. The third kappa shape index (κ3) is 4.31. The first-order chi connectivity index (χ1) is 18.4. The summed E-state index contributed by atoms with van der Waals surface area (Å²) in [5.74, 6) is 0. The number of allylic oxidation sites excluding steroid dienone is 4. The third-order valence-corrected chi connectivity index (χ3v) is 8.35. The van der Waals surface area contributed by atoms with Crippen LogP contribution in [0.25, 0.3) is 44.7 Å². The summed E-state index contributed by atoms with van der Waals surface area (Å²) in [5, 5.41) is 5.22. The molecule has 0 nitrogen and oxygen atoms in total. The van der Waals surface area contributed by atoms with Crippen LogP contribution in [0.4, 0.5) is 0 Å². The SMILES string of the molecule is CC(C)=c1cc2c(c(C3=C(c4ccc5ccccc5c4)C=CC3)c1C(C)(C)C)=[C]c1cc(C(C)(C)C)ccc1-2.